The molecule has 3 aliphatic rings. The number of carbonyl (C=O) groups is 1. The number of fused-ring (bicyclic) bond motifs is 1. The summed E-state index contributed by atoms with van der Waals surface area (Å²) in [5.41, 5.74) is 6.50. The molecule has 1 amide bonds. The van der Waals surface area contributed by atoms with Crippen LogP contribution in [0.5, 0.6) is 5.75 Å². The van der Waals surface area contributed by atoms with Crippen molar-refractivity contribution in [2.45, 2.75) is 50.6 Å². The van der Waals surface area contributed by atoms with Gasteiger partial charge in [-0.3, -0.25) is 4.79 Å². The maximum Gasteiger partial charge on any atom is 0.573 e. The summed E-state index contributed by atoms with van der Waals surface area (Å²) in [6.45, 7) is 1.71. The Kier molecular flexibility index (Phi) is 5.16. The number of nitrogens with one attached hydrogen (secondary N) is 1. The zero-order valence-corrected chi connectivity index (χ0v) is 15.6. The molecule has 28 heavy (non-hydrogen) atoms. The van der Waals surface area contributed by atoms with Crippen LogP contribution in [0.4, 0.5) is 18.9 Å². The number of ether oxygens (including phenoxy) is 1. The largest absolute Gasteiger partial charge is 0.573 e. The molecule has 154 valence electrons. The monoisotopic (exact) mass is 397 g/mol. The molecule has 1 heterocycles. The van der Waals surface area contributed by atoms with Crippen molar-refractivity contribution < 1.29 is 22.7 Å². The van der Waals surface area contributed by atoms with Gasteiger partial charge in [-0.05, 0) is 61.3 Å². The Bertz CT molecular complexity index is 706. The summed E-state index contributed by atoms with van der Waals surface area (Å²) >= 11 is 0. The van der Waals surface area contributed by atoms with Gasteiger partial charge in [0.1, 0.15) is 5.75 Å². The van der Waals surface area contributed by atoms with Crippen LogP contribution in [0.3, 0.4) is 0 Å². The highest BCUT2D eigenvalue weighted by molar-refractivity contribution is 5.79. The van der Waals surface area contributed by atoms with Crippen LogP contribution in [0.1, 0.15) is 32.1 Å². The van der Waals surface area contributed by atoms with Gasteiger partial charge in [-0.15, -0.1) is 13.2 Å². The fraction of sp³-hybridized carbons (Fsp3) is 0.650. The lowest BCUT2D eigenvalue weighted by Gasteiger charge is -2.26. The Balaban J connectivity index is 1.36. The summed E-state index contributed by atoms with van der Waals surface area (Å²) in [6, 6.07) is 6.05. The fourth-order valence-electron chi connectivity index (χ4n) is 4.75. The van der Waals surface area contributed by atoms with E-state index < -0.39 is 6.36 Å². The van der Waals surface area contributed by atoms with E-state index in [1.807, 2.05) is 0 Å². The number of anilines is 1. The molecule has 1 saturated heterocycles. The Morgan fingerprint density at radius 2 is 1.89 bits per heavy atom. The molecule has 3 N–H and O–H groups in total. The van der Waals surface area contributed by atoms with E-state index in [4.69, 9.17) is 5.73 Å². The topological polar surface area (TPSA) is 67.6 Å². The molecule has 0 aromatic heterocycles. The second-order valence-corrected chi connectivity index (χ2v) is 8.36. The van der Waals surface area contributed by atoms with Crippen molar-refractivity contribution in [3.63, 3.8) is 0 Å². The number of nitrogens with zero attached hydrogens (tertiary/aromatic N) is 1. The van der Waals surface area contributed by atoms with Gasteiger partial charge in [0.05, 0.1) is 6.04 Å². The average Bonchev–Trinajstić information content (AvgIpc) is 3.20. The number of benzene rings is 1. The van der Waals surface area contributed by atoms with Crippen LogP contribution in [-0.4, -0.2) is 37.4 Å². The predicted octanol–water partition coefficient (Wildman–Crippen LogP) is 3.04. The third-order valence-electron chi connectivity index (χ3n) is 6.32. The zero-order chi connectivity index (χ0) is 19.9. The second-order valence-electron chi connectivity index (χ2n) is 8.36. The number of hydrogen-bond donors (Lipinski definition) is 2. The first-order valence-electron chi connectivity index (χ1n) is 9.94. The van der Waals surface area contributed by atoms with Crippen LogP contribution in [0.25, 0.3) is 0 Å². The summed E-state index contributed by atoms with van der Waals surface area (Å²) < 4.78 is 40.9. The first kappa shape index (κ1) is 19.4. The van der Waals surface area contributed by atoms with Gasteiger partial charge in [-0.2, -0.15) is 0 Å². The molecule has 8 heteroatoms. The van der Waals surface area contributed by atoms with Crippen LogP contribution in [0.2, 0.25) is 0 Å². The Morgan fingerprint density at radius 1 is 1.18 bits per heavy atom. The third-order valence-corrected chi connectivity index (χ3v) is 6.32. The van der Waals surface area contributed by atoms with Crippen LogP contribution >= 0.6 is 0 Å². The molecule has 1 aromatic rings. The smallest absolute Gasteiger partial charge is 0.406 e. The maximum atomic E-state index is 12.3. The van der Waals surface area contributed by atoms with Crippen molar-refractivity contribution in [3.8, 4) is 5.75 Å². The standard InChI is InChI=1S/C20H26F3N3O2/c21-20(22,23)28-15-6-4-14(5-7-15)26-10-13-3-8-17(16(13)11-26)25-18(19(24)27)9-12-1-2-12/h4-7,12-13,16-18,25H,1-3,8-11H2,(H2,24,27)/t13-,16+,17+,18+/m1/s1. The van der Waals surface area contributed by atoms with Crippen LogP contribution in [0.15, 0.2) is 24.3 Å². The van der Waals surface area contributed by atoms with Gasteiger partial charge >= 0.3 is 6.36 Å². The summed E-state index contributed by atoms with van der Waals surface area (Å²) in [5.74, 6) is 1.09. The molecule has 0 spiro atoms. The molecule has 1 aromatic carbocycles. The summed E-state index contributed by atoms with van der Waals surface area (Å²) in [6.07, 6.45) is 0.642. The Hall–Kier alpha value is -1.96. The number of amides is 1. The minimum atomic E-state index is -4.68. The quantitative estimate of drug-likeness (QED) is 0.742. The first-order chi connectivity index (χ1) is 13.3. The Labute approximate surface area is 162 Å². The van der Waals surface area contributed by atoms with Gasteiger partial charge in [0.15, 0.2) is 0 Å². The van der Waals surface area contributed by atoms with Crippen LogP contribution < -0.4 is 20.7 Å². The fourth-order valence-corrected chi connectivity index (χ4v) is 4.75. The van der Waals surface area contributed by atoms with E-state index in [-0.39, 0.29) is 23.7 Å². The van der Waals surface area contributed by atoms with Crippen molar-refractivity contribution in [1.29, 1.82) is 0 Å². The molecule has 4 rings (SSSR count). The number of primary amides is 1. The highest BCUT2D eigenvalue weighted by atomic mass is 19.4. The SMILES string of the molecule is NC(=O)[C@H](CC1CC1)N[C@H]1CC[C@@H]2CN(c3ccc(OC(F)(F)F)cc3)C[C@@H]21. The van der Waals surface area contributed by atoms with E-state index in [1.54, 1.807) is 12.1 Å². The van der Waals surface area contributed by atoms with Crippen molar-refractivity contribution in [2.24, 2.45) is 23.5 Å². The molecule has 2 saturated carbocycles. The van der Waals surface area contributed by atoms with E-state index in [0.29, 0.717) is 17.8 Å². The van der Waals surface area contributed by atoms with E-state index in [9.17, 15) is 18.0 Å². The van der Waals surface area contributed by atoms with Crippen LogP contribution in [0, 0.1) is 17.8 Å². The molecule has 3 fully saturated rings. The molecule has 0 bridgehead atoms. The molecule has 5 nitrogen and oxygen atoms in total. The van der Waals surface area contributed by atoms with Gasteiger partial charge in [-0.1, -0.05) is 12.8 Å². The predicted molar refractivity (Wildman–Crippen MR) is 98.8 cm³/mol. The van der Waals surface area contributed by atoms with Crippen molar-refractivity contribution >= 4 is 11.6 Å². The molecule has 0 unspecified atom stereocenters. The minimum Gasteiger partial charge on any atom is -0.406 e. The van der Waals surface area contributed by atoms with E-state index in [2.05, 4.69) is 15.0 Å². The normalized spacial score (nSPS) is 28.2. The van der Waals surface area contributed by atoms with Gasteiger partial charge in [0, 0.05) is 24.8 Å². The summed E-state index contributed by atoms with van der Waals surface area (Å²) in [7, 11) is 0. The van der Waals surface area contributed by atoms with Gasteiger partial charge < -0.3 is 20.7 Å². The molecule has 2 aliphatic carbocycles. The molecular weight excluding hydrogens is 371 g/mol. The third kappa shape index (κ3) is 4.54. The van der Waals surface area contributed by atoms with Crippen LogP contribution in [-0.2, 0) is 4.79 Å². The zero-order valence-electron chi connectivity index (χ0n) is 15.6. The van der Waals surface area contributed by atoms with Gasteiger partial charge in [0.25, 0.3) is 0 Å². The van der Waals surface area contributed by atoms with E-state index in [0.717, 1.165) is 38.0 Å². The lowest BCUT2D eigenvalue weighted by Crippen LogP contribution is -2.48. The van der Waals surface area contributed by atoms with Crippen molar-refractivity contribution in [3.05, 3.63) is 24.3 Å². The molecular formula is C20H26F3N3O2. The minimum absolute atomic E-state index is 0.209. The number of carbonyl (C=O) groups excluding carboxylic acids is 1. The number of rotatable bonds is 7. The first-order valence-corrected chi connectivity index (χ1v) is 9.94. The van der Waals surface area contributed by atoms with Gasteiger partial charge in [-0.25, -0.2) is 0 Å². The maximum absolute atomic E-state index is 12.3. The van der Waals surface area contributed by atoms with E-state index in [1.165, 1.54) is 25.0 Å². The highest BCUT2D eigenvalue weighted by Crippen LogP contribution is 2.41. The highest BCUT2D eigenvalue weighted by Gasteiger charge is 2.44. The molecule has 1 aliphatic heterocycles. The second kappa shape index (κ2) is 7.46. The number of alkyl halides is 3. The molecule has 0 radical (unpaired) electrons. The Morgan fingerprint density at radius 3 is 2.50 bits per heavy atom. The number of hydrogen-bond acceptors (Lipinski definition) is 4. The lowest BCUT2D eigenvalue weighted by molar-refractivity contribution is -0.274. The molecule has 4 atom stereocenters. The average molecular weight is 397 g/mol. The van der Waals surface area contributed by atoms with Crippen molar-refractivity contribution in [2.75, 3.05) is 18.0 Å². The summed E-state index contributed by atoms with van der Waals surface area (Å²) in [5, 5.41) is 3.52. The summed E-state index contributed by atoms with van der Waals surface area (Å²) in [4.78, 5) is 14.0. The lowest BCUT2D eigenvalue weighted by atomic mass is 9.96. The number of halogens is 3. The number of nitrogens with two attached hydrogens (primary N) is 1. The van der Waals surface area contributed by atoms with E-state index >= 15 is 0 Å². The van der Waals surface area contributed by atoms with Gasteiger partial charge in [0.2, 0.25) is 5.91 Å². The van der Waals surface area contributed by atoms with Crippen molar-refractivity contribution in [1.82, 2.24) is 5.32 Å².